The first-order valence-electron chi connectivity index (χ1n) is 4.76. The predicted molar refractivity (Wildman–Crippen MR) is 57.6 cm³/mol. The van der Waals surface area contributed by atoms with Crippen LogP contribution in [0.4, 0.5) is 0 Å². The Labute approximate surface area is 89.0 Å². The average Bonchev–Trinajstić information content (AvgIpc) is 2.18. The molecule has 0 saturated heterocycles. The second-order valence-corrected chi connectivity index (χ2v) is 3.17. The van der Waals surface area contributed by atoms with Crippen molar-refractivity contribution in [1.82, 2.24) is 0 Å². The highest BCUT2D eigenvalue weighted by atomic mass is 16.5. The van der Waals surface area contributed by atoms with E-state index in [1.807, 2.05) is 6.07 Å². The van der Waals surface area contributed by atoms with Crippen molar-refractivity contribution in [2.24, 2.45) is 0 Å². The van der Waals surface area contributed by atoms with Crippen LogP contribution in [0, 0.1) is 0 Å². The lowest BCUT2D eigenvalue weighted by atomic mass is 10.1. The van der Waals surface area contributed by atoms with E-state index in [0.29, 0.717) is 18.6 Å². The molecule has 15 heavy (non-hydrogen) atoms. The van der Waals surface area contributed by atoms with Crippen molar-refractivity contribution in [3.63, 3.8) is 0 Å². The van der Waals surface area contributed by atoms with Gasteiger partial charge in [-0.3, -0.25) is 0 Å². The maximum Gasteiger partial charge on any atom is 0.333 e. The number of esters is 1. The Morgan fingerprint density at radius 2 is 2.27 bits per heavy atom. The number of carbonyl (C=O) groups is 1. The molecular weight excluding hydrogens is 192 g/mol. The molecule has 0 fully saturated rings. The van der Waals surface area contributed by atoms with Gasteiger partial charge in [-0.05, 0) is 24.6 Å². The van der Waals surface area contributed by atoms with E-state index in [0.717, 1.165) is 5.56 Å². The number of hydrogen-bond donors (Lipinski definition) is 1. The molecule has 0 saturated carbocycles. The molecular formula is C12H14O3. The monoisotopic (exact) mass is 206 g/mol. The molecule has 0 heterocycles. The van der Waals surface area contributed by atoms with E-state index in [1.54, 1.807) is 25.1 Å². The Morgan fingerprint density at radius 1 is 1.53 bits per heavy atom. The lowest BCUT2D eigenvalue weighted by molar-refractivity contribution is -0.138. The molecule has 0 aromatic heterocycles. The van der Waals surface area contributed by atoms with Crippen LogP contribution in [0.1, 0.15) is 12.5 Å². The zero-order valence-corrected chi connectivity index (χ0v) is 8.69. The van der Waals surface area contributed by atoms with Gasteiger partial charge in [-0.1, -0.05) is 18.7 Å². The molecule has 0 aliphatic carbocycles. The minimum Gasteiger partial charge on any atom is -0.508 e. The van der Waals surface area contributed by atoms with Crippen LogP contribution in [0.15, 0.2) is 36.4 Å². The molecule has 1 N–H and O–H groups in total. The van der Waals surface area contributed by atoms with Gasteiger partial charge in [0.15, 0.2) is 0 Å². The molecule has 1 aromatic carbocycles. The molecule has 0 unspecified atom stereocenters. The van der Waals surface area contributed by atoms with Gasteiger partial charge in [0.25, 0.3) is 0 Å². The molecule has 0 spiro atoms. The Morgan fingerprint density at radius 3 is 2.87 bits per heavy atom. The molecule has 0 amide bonds. The molecule has 0 radical (unpaired) electrons. The van der Waals surface area contributed by atoms with Crippen molar-refractivity contribution in [2.75, 3.05) is 6.61 Å². The van der Waals surface area contributed by atoms with E-state index in [9.17, 15) is 9.90 Å². The number of aromatic hydroxyl groups is 1. The third-order valence-electron chi connectivity index (χ3n) is 1.89. The third-order valence-corrected chi connectivity index (χ3v) is 1.89. The number of rotatable bonds is 4. The summed E-state index contributed by atoms with van der Waals surface area (Å²) < 4.78 is 4.81. The number of phenolic OH excluding ortho intramolecular Hbond substituents is 1. The summed E-state index contributed by atoms with van der Waals surface area (Å²) in [5, 5.41) is 9.22. The molecule has 0 aliphatic heterocycles. The fraction of sp³-hybridized carbons (Fsp3) is 0.250. The molecule has 1 aromatic rings. The van der Waals surface area contributed by atoms with Crippen LogP contribution in [0.2, 0.25) is 0 Å². The highest BCUT2D eigenvalue weighted by Gasteiger charge is 2.08. The Bertz CT molecular complexity index is 369. The number of benzene rings is 1. The normalized spacial score (nSPS) is 9.67. The van der Waals surface area contributed by atoms with E-state index in [2.05, 4.69) is 6.58 Å². The van der Waals surface area contributed by atoms with Crippen molar-refractivity contribution in [3.05, 3.63) is 42.0 Å². The second kappa shape index (κ2) is 5.20. The van der Waals surface area contributed by atoms with Gasteiger partial charge in [0.05, 0.1) is 6.61 Å². The fourth-order valence-corrected chi connectivity index (χ4v) is 1.22. The van der Waals surface area contributed by atoms with Crippen molar-refractivity contribution >= 4 is 5.97 Å². The predicted octanol–water partition coefficient (Wildman–Crippen LogP) is 2.05. The lowest BCUT2D eigenvalue weighted by Crippen LogP contribution is -2.08. The third kappa shape index (κ3) is 3.46. The van der Waals surface area contributed by atoms with Crippen molar-refractivity contribution in [1.29, 1.82) is 0 Å². The summed E-state index contributed by atoms with van der Waals surface area (Å²) in [6.45, 7) is 5.74. The van der Waals surface area contributed by atoms with Crippen LogP contribution in [0.25, 0.3) is 0 Å². The summed E-state index contributed by atoms with van der Waals surface area (Å²) in [4.78, 5) is 11.2. The minimum absolute atomic E-state index is 0.184. The van der Waals surface area contributed by atoms with Gasteiger partial charge in [-0.15, -0.1) is 0 Å². The van der Waals surface area contributed by atoms with Crippen molar-refractivity contribution in [3.8, 4) is 5.75 Å². The zero-order chi connectivity index (χ0) is 11.3. The van der Waals surface area contributed by atoms with E-state index < -0.39 is 0 Å². The highest BCUT2D eigenvalue weighted by molar-refractivity contribution is 5.88. The van der Waals surface area contributed by atoms with Crippen LogP contribution in [-0.4, -0.2) is 17.7 Å². The van der Waals surface area contributed by atoms with Gasteiger partial charge in [0.2, 0.25) is 0 Å². The smallest absolute Gasteiger partial charge is 0.333 e. The summed E-state index contributed by atoms with van der Waals surface area (Å²) in [5.74, 6) is -0.204. The molecule has 1 rings (SSSR count). The van der Waals surface area contributed by atoms with Gasteiger partial charge in [-0.25, -0.2) is 4.79 Å². The minimum atomic E-state index is -0.388. The Kier molecular flexibility index (Phi) is 3.92. The SMILES string of the molecule is C=C(Cc1cccc(O)c1)C(=O)OCC. The van der Waals surface area contributed by atoms with Crippen molar-refractivity contribution < 1.29 is 14.6 Å². The first kappa shape index (κ1) is 11.3. The van der Waals surface area contributed by atoms with Crippen LogP contribution in [0.3, 0.4) is 0 Å². The number of phenols is 1. The maximum absolute atomic E-state index is 11.2. The summed E-state index contributed by atoms with van der Waals surface area (Å²) in [7, 11) is 0. The molecule has 3 heteroatoms. The van der Waals surface area contributed by atoms with Gasteiger partial charge in [0, 0.05) is 12.0 Å². The molecule has 0 bridgehead atoms. The fourth-order valence-electron chi connectivity index (χ4n) is 1.22. The summed E-state index contributed by atoms with van der Waals surface area (Å²) in [6.07, 6.45) is 0.396. The van der Waals surface area contributed by atoms with Crippen LogP contribution >= 0.6 is 0 Å². The first-order valence-corrected chi connectivity index (χ1v) is 4.76. The Hall–Kier alpha value is -1.77. The van der Waals surface area contributed by atoms with Gasteiger partial charge in [-0.2, -0.15) is 0 Å². The van der Waals surface area contributed by atoms with Crippen molar-refractivity contribution in [2.45, 2.75) is 13.3 Å². The van der Waals surface area contributed by atoms with E-state index in [1.165, 1.54) is 0 Å². The van der Waals surface area contributed by atoms with E-state index >= 15 is 0 Å². The maximum atomic E-state index is 11.2. The molecule has 3 nitrogen and oxygen atoms in total. The topological polar surface area (TPSA) is 46.5 Å². The number of ether oxygens (including phenoxy) is 1. The molecule has 80 valence electrons. The lowest BCUT2D eigenvalue weighted by Gasteiger charge is -2.05. The average molecular weight is 206 g/mol. The van der Waals surface area contributed by atoms with Crippen LogP contribution in [-0.2, 0) is 16.0 Å². The highest BCUT2D eigenvalue weighted by Crippen LogP contribution is 2.14. The summed E-state index contributed by atoms with van der Waals surface area (Å²) in [5.41, 5.74) is 1.23. The second-order valence-electron chi connectivity index (χ2n) is 3.17. The van der Waals surface area contributed by atoms with Gasteiger partial charge >= 0.3 is 5.97 Å². The Balaban J connectivity index is 2.62. The van der Waals surface area contributed by atoms with Crippen LogP contribution < -0.4 is 0 Å². The van der Waals surface area contributed by atoms with Gasteiger partial charge in [0.1, 0.15) is 5.75 Å². The molecule has 0 aliphatic rings. The standard InChI is InChI=1S/C12H14O3/c1-3-15-12(14)9(2)7-10-5-4-6-11(13)8-10/h4-6,8,13H,2-3,7H2,1H3. The van der Waals surface area contributed by atoms with Crippen LogP contribution in [0.5, 0.6) is 5.75 Å². The van der Waals surface area contributed by atoms with E-state index in [4.69, 9.17) is 4.74 Å². The first-order chi connectivity index (χ1) is 7.13. The van der Waals surface area contributed by atoms with Gasteiger partial charge < -0.3 is 9.84 Å². The largest absolute Gasteiger partial charge is 0.508 e. The number of hydrogen-bond acceptors (Lipinski definition) is 3. The number of carbonyl (C=O) groups excluding carboxylic acids is 1. The summed E-state index contributed by atoms with van der Waals surface area (Å²) >= 11 is 0. The quantitative estimate of drug-likeness (QED) is 0.605. The zero-order valence-electron chi connectivity index (χ0n) is 8.69. The molecule has 0 atom stereocenters. The van der Waals surface area contributed by atoms with E-state index in [-0.39, 0.29) is 11.7 Å². The summed E-state index contributed by atoms with van der Waals surface area (Å²) in [6, 6.07) is 6.73.